The maximum absolute atomic E-state index is 13.1. The van der Waals surface area contributed by atoms with Gasteiger partial charge >= 0.3 is 11.9 Å². The molecule has 34 heavy (non-hydrogen) atoms. The first-order valence-corrected chi connectivity index (χ1v) is 10.3. The van der Waals surface area contributed by atoms with Crippen molar-refractivity contribution >= 4 is 52.8 Å². The molecule has 2 aromatic carbocycles. The summed E-state index contributed by atoms with van der Waals surface area (Å²) >= 11 is 5.13. The van der Waals surface area contributed by atoms with E-state index >= 15 is 0 Å². The highest BCUT2D eigenvalue weighted by Gasteiger charge is 2.35. The molecule has 10 heteroatoms. The van der Waals surface area contributed by atoms with Crippen molar-refractivity contribution in [3.05, 3.63) is 82.6 Å². The topological polar surface area (TPSA) is 137 Å². The number of nitrogens with one attached hydrogen (secondary N) is 1. The van der Waals surface area contributed by atoms with Crippen LogP contribution in [0.5, 0.6) is 0 Å². The first-order valence-electron chi connectivity index (χ1n) is 9.84. The summed E-state index contributed by atoms with van der Waals surface area (Å²) in [5.41, 5.74) is 1.36. The fourth-order valence-corrected chi connectivity index (χ4v) is 3.74. The molecule has 2 amide bonds. The second-order valence-corrected chi connectivity index (χ2v) is 7.74. The van der Waals surface area contributed by atoms with Crippen LogP contribution < -0.4 is 10.2 Å². The molecule has 3 aromatic rings. The Balaban J connectivity index is 1.67. The van der Waals surface area contributed by atoms with Crippen molar-refractivity contribution in [2.24, 2.45) is 0 Å². The van der Waals surface area contributed by atoms with Crippen LogP contribution in [-0.2, 0) is 9.59 Å². The molecule has 1 fully saturated rings. The molecule has 0 spiro atoms. The molecule has 0 saturated carbocycles. The fourth-order valence-electron chi connectivity index (χ4n) is 3.46. The number of hydrogen-bond donors (Lipinski definition) is 3. The minimum absolute atomic E-state index is 0.0458. The predicted molar refractivity (Wildman–Crippen MR) is 125 cm³/mol. The summed E-state index contributed by atoms with van der Waals surface area (Å²) in [4.78, 5) is 49.1. The molecule has 4 rings (SSSR count). The summed E-state index contributed by atoms with van der Waals surface area (Å²) in [6, 6.07) is 13.4. The molecule has 1 aromatic heterocycles. The smallest absolute Gasteiger partial charge is 0.335 e. The third kappa shape index (κ3) is 4.21. The van der Waals surface area contributed by atoms with E-state index in [1.54, 1.807) is 25.1 Å². The van der Waals surface area contributed by atoms with Crippen molar-refractivity contribution in [1.29, 1.82) is 0 Å². The molecule has 1 aliphatic rings. The molecule has 1 aliphatic heterocycles. The third-order valence-corrected chi connectivity index (χ3v) is 5.39. The van der Waals surface area contributed by atoms with E-state index in [-0.39, 0.29) is 33.3 Å². The molecule has 0 radical (unpaired) electrons. The molecule has 3 N–H and O–H groups in total. The quantitative estimate of drug-likeness (QED) is 0.289. The average Bonchev–Trinajstić information content (AvgIpc) is 3.25. The number of carbonyl (C=O) groups excluding carboxylic acids is 2. The van der Waals surface area contributed by atoms with Gasteiger partial charge in [-0.15, -0.1) is 0 Å². The van der Waals surface area contributed by atoms with E-state index in [9.17, 15) is 24.3 Å². The van der Waals surface area contributed by atoms with Gasteiger partial charge in [0.25, 0.3) is 11.8 Å². The van der Waals surface area contributed by atoms with Gasteiger partial charge in [-0.05, 0) is 73.2 Å². The fraction of sp³-hybridized carbons (Fsp3) is 0.0417. The average molecular weight is 476 g/mol. The first-order chi connectivity index (χ1) is 16.2. The zero-order valence-electron chi connectivity index (χ0n) is 17.6. The highest BCUT2D eigenvalue weighted by molar-refractivity contribution is 7.80. The van der Waals surface area contributed by atoms with Gasteiger partial charge in [-0.3, -0.25) is 19.8 Å². The number of thiocarbonyl (C=S) groups is 1. The molecule has 0 unspecified atom stereocenters. The number of nitrogens with zero attached hydrogens (tertiary/aromatic N) is 1. The molecule has 9 nitrogen and oxygen atoms in total. The minimum atomic E-state index is -1.17. The molecule has 0 aliphatic carbocycles. The van der Waals surface area contributed by atoms with Gasteiger partial charge in [0.05, 0.1) is 16.8 Å². The van der Waals surface area contributed by atoms with Gasteiger partial charge in [-0.2, -0.15) is 0 Å². The minimum Gasteiger partial charge on any atom is -0.478 e. The van der Waals surface area contributed by atoms with E-state index in [0.29, 0.717) is 16.9 Å². The number of carbonyl (C=O) groups is 4. The molecule has 1 saturated heterocycles. The Bertz CT molecular complexity index is 1420. The van der Waals surface area contributed by atoms with Gasteiger partial charge in [0.15, 0.2) is 5.11 Å². The Morgan fingerprint density at radius 1 is 1.00 bits per heavy atom. The van der Waals surface area contributed by atoms with Crippen LogP contribution in [0.4, 0.5) is 5.69 Å². The van der Waals surface area contributed by atoms with Crippen LogP contribution in [0, 0.1) is 6.92 Å². The highest BCUT2D eigenvalue weighted by Crippen LogP contribution is 2.28. The SMILES string of the molecule is Cc1cc(C(=O)O)ccc1-c1ccc(C=C2C(=O)NC(=S)N(c3cccc(C(=O)O)c3)C2=O)o1. The molecular weight excluding hydrogens is 460 g/mol. The summed E-state index contributed by atoms with van der Waals surface area (Å²) in [5, 5.41) is 20.6. The van der Waals surface area contributed by atoms with Crippen LogP contribution in [-0.4, -0.2) is 39.1 Å². The monoisotopic (exact) mass is 476 g/mol. The number of carboxylic acids is 2. The normalized spacial score (nSPS) is 14.9. The second kappa shape index (κ2) is 8.75. The largest absolute Gasteiger partial charge is 0.478 e. The number of aromatic carboxylic acids is 2. The summed E-state index contributed by atoms with van der Waals surface area (Å²) in [5.74, 6) is -3.05. The maximum atomic E-state index is 13.1. The lowest BCUT2D eigenvalue weighted by Crippen LogP contribution is -2.54. The Kier molecular flexibility index (Phi) is 5.82. The summed E-state index contributed by atoms with van der Waals surface area (Å²) < 4.78 is 5.78. The van der Waals surface area contributed by atoms with E-state index in [2.05, 4.69) is 5.32 Å². The van der Waals surface area contributed by atoms with Crippen molar-refractivity contribution in [2.45, 2.75) is 6.92 Å². The van der Waals surface area contributed by atoms with Crippen LogP contribution in [0.1, 0.15) is 32.0 Å². The third-order valence-electron chi connectivity index (χ3n) is 5.11. The van der Waals surface area contributed by atoms with Gasteiger partial charge in [-0.1, -0.05) is 12.1 Å². The number of rotatable bonds is 5. The van der Waals surface area contributed by atoms with Crippen molar-refractivity contribution in [1.82, 2.24) is 5.32 Å². The summed E-state index contributed by atoms with van der Waals surface area (Å²) in [7, 11) is 0. The predicted octanol–water partition coefficient (Wildman–Crippen LogP) is 3.48. The standard InChI is InChI=1S/C24H16N2O7S/c1-12-9-14(23(31)32)5-7-17(12)19-8-6-16(33-19)11-18-20(27)25-24(34)26(21(18)28)15-4-2-3-13(10-15)22(29)30/h2-11H,1H3,(H,29,30)(H,31,32)(H,25,27,34). The number of aryl methyl sites for hydroxylation is 1. The second-order valence-electron chi connectivity index (χ2n) is 7.35. The van der Waals surface area contributed by atoms with E-state index in [1.165, 1.54) is 42.5 Å². The lowest BCUT2D eigenvalue weighted by Gasteiger charge is -2.28. The van der Waals surface area contributed by atoms with Crippen molar-refractivity contribution in [2.75, 3.05) is 4.90 Å². The summed E-state index contributed by atoms with van der Waals surface area (Å²) in [6.45, 7) is 1.74. The Morgan fingerprint density at radius 2 is 1.71 bits per heavy atom. The van der Waals surface area contributed by atoms with Gasteiger partial charge < -0.3 is 14.6 Å². The first kappa shape index (κ1) is 22.6. The van der Waals surface area contributed by atoms with Crippen LogP contribution >= 0.6 is 12.2 Å². The van der Waals surface area contributed by atoms with Crippen LogP contribution in [0.15, 0.2) is 64.6 Å². The van der Waals surface area contributed by atoms with E-state index in [0.717, 1.165) is 4.90 Å². The molecule has 0 atom stereocenters. The molecular formula is C24H16N2O7S. The van der Waals surface area contributed by atoms with Gasteiger partial charge in [-0.25, -0.2) is 9.59 Å². The lowest BCUT2D eigenvalue weighted by atomic mass is 10.0. The zero-order valence-corrected chi connectivity index (χ0v) is 18.4. The Hall–Kier alpha value is -4.57. The van der Waals surface area contributed by atoms with E-state index < -0.39 is 23.8 Å². The number of hydrogen-bond acceptors (Lipinski definition) is 6. The molecule has 0 bridgehead atoms. The number of carboxylic acid groups (broad SMARTS) is 2. The maximum Gasteiger partial charge on any atom is 0.335 e. The molecule has 170 valence electrons. The highest BCUT2D eigenvalue weighted by atomic mass is 32.1. The van der Waals surface area contributed by atoms with Crippen molar-refractivity contribution in [3.8, 4) is 11.3 Å². The molecule has 2 heterocycles. The summed E-state index contributed by atoms with van der Waals surface area (Å²) in [6.07, 6.45) is 1.26. The number of amides is 2. The Labute approximate surface area is 197 Å². The number of anilines is 1. The number of benzene rings is 2. The van der Waals surface area contributed by atoms with Gasteiger partial charge in [0.2, 0.25) is 0 Å². The van der Waals surface area contributed by atoms with Gasteiger partial charge in [0.1, 0.15) is 17.1 Å². The van der Waals surface area contributed by atoms with E-state index in [4.69, 9.17) is 21.7 Å². The van der Waals surface area contributed by atoms with Crippen LogP contribution in [0.3, 0.4) is 0 Å². The Morgan fingerprint density at radius 3 is 2.38 bits per heavy atom. The van der Waals surface area contributed by atoms with E-state index in [1.807, 2.05) is 0 Å². The van der Waals surface area contributed by atoms with Crippen LogP contribution in [0.25, 0.3) is 17.4 Å². The van der Waals surface area contributed by atoms with Gasteiger partial charge in [0, 0.05) is 5.56 Å². The zero-order chi connectivity index (χ0) is 24.6. The lowest BCUT2D eigenvalue weighted by molar-refractivity contribution is -0.122. The van der Waals surface area contributed by atoms with Crippen molar-refractivity contribution < 1.29 is 33.8 Å². The number of furan rings is 1. The van der Waals surface area contributed by atoms with Crippen LogP contribution in [0.2, 0.25) is 0 Å². The van der Waals surface area contributed by atoms with Crippen molar-refractivity contribution in [3.63, 3.8) is 0 Å².